The van der Waals surface area contributed by atoms with Crippen molar-refractivity contribution in [2.24, 2.45) is 5.10 Å². The largest absolute Gasteiger partial charge is 0.378 e. The third-order valence-corrected chi connectivity index (χ3v) is 3.15. The van der Waals surface area contributed by atoms with E-state index in [1.165, 1.54) is 0 Å². The molecule has 2 heterocycles. The summed E-state index contributed by atoms with van der Waals surface area (Å²) in [5.74, 6) is -0.517. The predicted molar refractivity (Wildman–Crippen MR) is 69.8 cm³/mol. The molecule has 0 aromatic heterocycles. The summed E-state index contributed by atoms with van der Waals surface area (Å²) in [5, 5.41) is 6.33. The van der Waals surface area contributed by atoms with Gasteiger partial charge in [0.15, 0.2) is 0 Å². The Balaban J connectivity index is 1.68. The van der Waals surface area contributed by atoms with Crippen molar-refractivity contribution < 1.29 is 19.1 Å². The van der Waals surface area contributed by atoms with Crippen LogP contribution >= 0.6 is 0 Å². The highest BCUT2D eigenvalue weighted by molar-refractivity contribution is 6.39. The molecule has 3 amide bonds. The molecule has 0 radical (unpaired) electrons. The Morgan fingerprint density at radius 2 is 2.05 bits per heavy atom. The molecule has 0 bridgehead atoms. The van der Waals surface area contributed by atoms with Crippen LogP contribution in [-0.4, -0.2) is 61.2 Å². The maximum absolute atomic E-state index is 11.8. The number of hydrazone groups is 1. The molecule has 110 valence electrons. The van der Waals surface area contributed by atoms with Crippen LogP contribution in [0.3, 0.4) is 0 Å². The lowest BCUT2D eigenvalue weighted by Crippen LogP contribution is -2.43. The standard InChI is InChI=1S/C12H18N4O4/c17-10-2-1-9(14-15-10)12(19)13-4-3-11(18)16-5-7-20-8-6-16/h1-8H2,(H,13,19)(H,15,17). The summed E-state index contributed by atoms with van der Waals surface area (Å²) in [7, 11) is 0. The first-order valence-corrected chi connectivity index (χ1v) is 6.66. The van der Waals surface area contributed by atoms with Gasteiger partial charge in [-0.05, 0) is 0 Å². The molecule has 8 heteroatoms. The first kappa shape index (κ1) is 14.4. The van der Waals surface area contributed by atoms with Crippen LogP contribution in [0.5, 0.6) is 0 Å². The van der Waals surface area contributed by atoms with Crippen LogP contribution < -0.4 is 10.7 Å². The average Bonchev–Trinajstić information content (AvgIpc) is 2.48. The fourth-order valence-corrected chi connectivity index (χ4v) is 1.99. The zero-order valence-electron chi connectivity index (χ0n) is 11.2. The zero-order chi connectivity index (χ0) is 14.4. The SMILES string of the molecule is O=C1CCC(C(=O)NCCC(=O)N2CCOCC2)=NN1. The van der Waals surface area contributed by atoms with Crippen LogP contribution in [0.15, 0.2) is 5.10 Å². The van der Waals surface area contributed by atoms with Gasteiger partial charge in [-0.15, -0.1) is 0 Å². The van der Waals surface area contributed by atoms with Crippen molar-refractivity contribution in [1.82, 2.24) is 15.6 Å². The highest BCUT2D eigenvalue weighted by atomic mass is 16.5. The van der Waals surface area contributed by atoms with Gasteiger partial charge in [0.05, 0.1) is 13.2 Å². The van der Waals surface area contributed by atoms with Crippen molar-refractivity contribution in [3.05, 3.63) is 0 Å². The third-order valence-electron chi connectivity index (χ3n) is 3.15. The highest BCUT2D eigenvalue weighted by Crippen LogP contribution is 2.01. The summed E-state index contributed by atoms with van der Waals surface area (Å²) in [4.78, 5) is 36.2. The van der Waals surface area contributed by atoms with E-state index in [2.05, 4.69) is 15.8 Å². The fraction of sp³-hybridized carbons (Fsp3) is 0.667. The lowest BCUT2D eigenvalue weighted by atomic mass is 10.1. The minimum atomic E-state index is -0.334. The fourth-order valence-electron chi connectivity index (χ4n) is 1.99. The first-order chi connectivity index (χ1) is 9.66. The number of rotatable bonds is 4. The highest BCUT2D eigenvalue weighted by Gasteiger charge is 2.19. The van der Waals surface area contributed by atoms with Gasteiger partial charge in [-0.1, -0.05) is 0 Å². The van der Waals surface area contributed by atoms with E-state index in [1.807, 2.05) is 0 Å². The Kier molecular flexibility index (Phi) is 5.05. The molecule has 0 saturated carbocycles. The number of nitrogens with one attached hydrogen (secondary N) is 2. The number of morpholine rings is 1. The van der Waals surface area contributed by atoms with Crippen molar-refractivity contribution in [3.63, 3.8) is 0 Å². The molecule has 0 atom stereocenters. The van der Waals surface area contributed by atoms with E-state index in [1.54, 1.807) is 4.90 Å². The van der Waals surface area contributed by atoms with Crippen molar-refractivity contribution in [3.8, 4) is 0 Å². The summed E-state index contributed by atoms with van der Waals surface area (Å²) in [6.07, 6.45) is 0.847. The second kappa shape index (κ2) is 6.99. The summed E-state index contributed by atoms with van der Waals surface area (Å²) in [5.41, 5.74) is 2.56. The second-order valence-corrected chi connectivity index (χ2v) is 4.59. The number of carbonyl (C=O) groups excluding carboxylic acids is 3. The number of carbonyl (C=O) groups is 3. The minimum Gasteiger partial charge on any atom is -0.378 e. The number of hydrogen-bond acceptors (Lipinski definition) is 5. The van der Waals surface area contributed by atoms with E-state index in [4.69, 9.17) is 4.74 Å². The van der Waals surface area contributed by atoms with Gasteiger partial charge in [0.1, 0.15) is 5.71 Å². The van der Waals surface area contributed by atoms with Crippen LogP contribution in [0.25, 0.3) is 0 Å². The number of nitrogens with zero attached hydrogens (tertiary/aromatic N) is 2. The number of ether oxygens (including phenoxy) is 1. The van der Waals surface area contributed by atoms with Crippen LogP contribution in [0, 0.1) is 0 Å². The van der Waals surface area contributed by atoms with E-state index in [0.29, 0.717) is 38.4 Å². The van der Waals surface area contributed by atoms with Crippen LogP contribution in [-0.2, 0) is 19.1 Å². The Morgan fingerprint density at radius 1 is 1.30 bits per heavy atom. The van der Waals surface area contributed by atoms with Gasteiger partial charge in [0.2, 0.25) is 11.8 Å². The molecule has 0 aliphatic carbocycles. The Bertz CT molecular complexity index is 429. The van der Waals surface area contributed by atoms with Gasteiger partial charge in [0, 0.05) is 38.9 Å². The summed E-state index contributed by atoms with van der Waals surface area (Å²) < 4.78 is 5.17. The summed E-state index contributed by atoms with van der Waals surface area (Å²) >= 11 is 0. The lowest BCUT2D eigenvalue weighted by Gasteiger charge is -2.26. The van der Waals surface area contributed by atoms with E-state index in [9.17, 15) is 14.4 Å². The Morgan fingerprint density at radius 3 is 2.70 bits per heavy atom. The smallest absolute Gasteiger partial charge is 0.267 e. The maximum atomic E-state index is 11.8. The van der Waals surface area contributed by atoms with Crippen molar-refractivity contribution in [2.75, 3.05) is 32.8 Å². The Hall–Kier alpha value is -1.96. The molecule has 0 aromatic rings. The van der Waals surface area contributed by atoms with Gasteiger partial charge < -0.3 is 15.0 Å². The van der Waals surface area contributed by atoms with E-state index < -0.39 is 0 Å². The minimum absolute atomic E-state index is 0.00693. The quantitative estimate of drug-likeness (QED) is 0.663. The Labute approximate surface area is 116 Å². The summed E-state index contributed by atoms with van der Waals surface area (Å²) in [6.45, 7) is 2.60. The van der Waals surface area contributed by atoms with Crippen LogP contribution in [0.4, 0.5) is 0 Å². The van der Waals surface area contributed by atoms with E-state index >= 15 is 0 Å². The number of hydrogen-bond donors (Lipinski definition) is 2. The predicted octanol–water partition coefficient (Wildman–Crippen LogP) is -1.38. The topological polar surface area (TPSA) is 100 Å². The summed E-state index contributed by atoms with van der Waals surface area (Å²) in [6, 6.07) is 0. The molecule has 2 aliphatic rings. The maximum Gasteiger partial charge on any atom is 0.267 e. The van der Waals surface area contributed by atoms with E-state index in [-0.39, 0.29) is 37.1 Å². The monoisotopic (exact) mass is 282 g/mol. The molecule has 2 N–H and O–H groups in total. The first-order valence-electron chi connectivity index (χ1n) is 6.66. The molecule has 8 nitrogen and oxygen atoms in total. The molecule has 1 saturated heterocycles. The van der Waals surface area contributed by atoms with Crippen LogP contribution in [0.1, 0.15) is 19.3 Å². The van der Waals surface area contributed by atoms with Crippen LogP contribution in [0.2, 0.25) is 0 Å². The van der Waals surface area contributed by atoms with Gasteiger partial charge in [-0.25, -0.2) is 5.43 Å². The van der Waals surface area contributed by atoms with Gasteiger partial charge in [-0.3, -0.25) is 14.4 Å². The van der Waals surface area contributed by atoms with Crippen molar-refractivity contribution >= 4 is 23.4 Å². The molecule has 0 spiro atoms. The normalized spacial score (nSPS) is 19.1. The molecule has 0 aromatic carbocycles. The van der Waals surface area contributed by atoms with Gasteiger partial charge >= 0.3 is 0 Å². The molecule has 2 rings (SSSR count). The molecular weight excluding hydrogens is 264 g/mol. The van der Waals surface area contributed by atoms with E-state index in [0.717, 1.165) is 0 Å². The average molecular weight is 282 g/mol. The molecule has 20 heavy (non-hydrogen) atoms. The molecule has 1 fully saturated rings. The number of amides is 3. The third kappa shape index (κ3) is 4.02. The van der Waals surface area contributed by atoms with Gasteiger partial charge in [-0.2, -0.15) is 5.10 Å². The molecule has 2 aliphatic heterocycles. The van der Waals surface area contributed by atoms with Gasteiger partial charge in [0.25, 0.3) is 5.91 Å². The molecule has 0 unspecified atom stereocenters. The second-order valence-electron chi connectivity index (χ2n) is 4.59. The zero-order valence-corrected chi connectivity index (χ0v) is 11.2. The van der Waals surface area contributed by atoms with Crippen molar-refractivity contribution in [2.45, 2.75) is 19.3 Å². The lowest BCUT2D eigenvalue weighted by molar-refractivity contribution is -0.135. The van der Waals surface area contributed by atoms with Crippen molar-refractivity contribution in [1.29, 1.82) is 0 Å². The molecular formula is C12H18N4O4.